The second-order valence-corrected chi connectivity index (χ2v) is 6.04. The summed E-state index contributed by atoms with van der Waals surface area (Å²) in [6.07, 6.45) is 6.44. The summed E-state index contributed by atoms with van der Waals surface area (Å²) < 4.78 is 0. The van der Waals surface area contributed by atoms with Crippen LogP contribution in [-0.2, 0) is 0 Å². The van der Waals surface area contributed by atoms with Crippen LogP contribution in [0.15, 0.2) is 18.2 Å². The first kappa shape index (κ1) is 12.5. The summed E-state index contributed by atoms with van der Waals surface area (Å²) in [4.78, 5) is 0. The maximum absolute atomic E-state index is 8.90. The average molecular weight is 255 g/mol. The monoisotopic (exact) mass is 255 g/mol. The van der Waals surface area contributed by atoms with Crippen LogP contribution in [0.2, 0.25) is 0 Å². The van der Waals surface area contributed by atoms with E-state index in [4.69, 9.17) is 5.26 Å². The van der Waals surface area contributed by atoms with Gasteiger partial charge < -0.3 is 10.6 Å². The number of benzene rings is 1. The highest BCUT2D eigenvalue weighted by molar-refractivity contribution is 5.54. The Morgan fingerprint density at radius 1 is 1.42 bits per heavy atom. The predicted molar refractivity (Wildman–Crippen MR) is 77.1 cm³/mol. The van der Waals surface area contributed by atoms with Gasteiger partial charge in [0.15, 0.2) is 0 Å². The Balaban J connectivity index is 1.69. The van der Waals surface area contributed by atoms with Gasteiger partial charge in [0.1, 0.15) is 0 Å². The molecule has 1 saturated carbocycles. The molecule has 0 aromatic heterocycles. The third kappa shape index (κ3) is 2.46. The molecule has 1 spiro atoms. The van der Waals surface area contributed by atoms with E-state index >= 15 is 0 Å². The number of piperidine rings is 1. The second-order valence-electron chi connectivity index (χ2n) is 6.04. The first-order valence-corrected chi connectivity index (χ1v) is 7.23. The van der Waals surface area contributed by atoms with Crippen molar-refractivity contribution in [3.8, 4) is 6.07 Å². The van der Waals surface area contributed by atoms with Gasteiger partial charge in [-0.25, -0.2) is 0 Å². The fraction of sp³-hybridized carbons (Fsp3) is 0.562. The number of nitrogens with one attached hydrogen (secondary N) is 2. The molecule has 0 radical (unpaired) electrons. The fourth-order valence-corrected chi connectivity index (χ4v) is 3.38. The topological polar surface area (TPSA) is 47.9 Å². The number of hydrogen-bond acceptors (Lipinski definition) is 3. The van der Waals surface area contributed by atoms with E-state index in [-0.39, 0.29) is 0 Å². The summed E-state index contributed by atoms with van der Waals surface area (Å²) in [6.45, 7) is 3.19. The van der Waals surface area contributed by atoms with Gasteiger partial charge in [0, 0.05) is 17.3 Å². The molecule has 2 N–H and O–H groups in total. The van der Waals surface area contributed by atoms with Crippen LogP contribution in [0, 0.1) is 18.3 Å². The van der Waals surface area contributed by atoms with Crippen LogP contribution in [0.1, 0.15) is 43.2 Å². The molecule has 1 atom stereocenters. The third-order valence-corrected chi connectivity index (χ3v) is 4.66. The van der Waals surface area contributed by atoms with Crippen LogP contribution in [0.4, 0.5) is 5.69 Å². The fourth-order valence-electron chi connectivity index (χ4n) is 3.38. The number of hydrogen-bond donors (Lipinski definition) is 2. The minimum absolute atomic E-state index is 0.427. The minimum Gasteiger partial charge on any atom is -0.382 e. The molecule has 1 aromatic carbocycles. The highest BCUT2D eigenvalue weighted by Gasteiger charge is 2.40. The van der Waals surface area contributed by atoms with Crippen LogP contribution in [0.5, 0.6) is 0 Å². The maximum Gasteiger partial charge on any atom is 0.0991 e. The maximum atomic E-state index is 8.90. The Hall–Kier alpha value is -1.53. The molecule has 1 saturated heterocycles. The molecule has 3 heteroatoms. The van der Waals surface area contributed by atoms with E-state index in [1.807, 2.05) is 18.2 Å². The second kappa shape index (κ2) is 4.86. The molecule has 2 aliphatic rings. The van der Waals surface area contributed by atoms with Crippen molar-refractivity contribution in [2.24, 2.45) is 0 Å². The van der Waals surface area contributed by atoms with E-state index in [9.17, 15) is 0 Å². The van der Waals surface area contributed by atoms with E-state index in [1.165, 1.54) is 43.4 Å². The molecule has 19 heavy (non-hydrogen) atoms. The third-order valence-electron chi connectivity index (χ3n) is 4.66. The highest BCUT2D eigenvalue weighted by atomic mass is 15.0. The molecule has 0 amide bonds. The molecule has 1 unspecified atom stereocenters. The Morgan fingerprint density at radius 2 is 2.26 bits per heavy atom. The van der Waals surface area contributed by atoms with Gasteiger partial charge in [-0.3, -0.25) is 0 Å². The first-order valence-electron chi connectivity index (χ1n) is 7.23. The number of rotatable bonds is 2. The predicted octanol–water partition coefficient (Wildman–Crippen LogP) is 2.95. The summed E-state index contributed by atoms with van der Waals surface area (Å²) >= 11 is 0. The van der Waals surface area contributed by atoms with Crippen molar-refractivity contribution in [1.29, 1.82) is 5.26 Å². The van der Waals surface area contributed by atoms with Crippen LogP contribution >= 0.6 is 0 Å². The Morgan fingerprint density at radius 3 is 2.89 bits per heavy atom. The average Bonchev–Trinajstić information content (AvgIpc) is 2.39. The van der Waals surface area contributed by atoms with Gasteiger partial charge in [-0.1, -0.05) is 0 Å². The van der Waals surface area contributed by atoms with Gasteiger partial charge in [0.2, 0.25) is 0 Å². The summed E-state index contributed by atoms with van der Waals surface area (Å²) in [5.41, 5.74) is 3.51. The smallest absolute Gasteiger partial charge is 0.0991 e. The lowest BCUT2D eigenvalue weighted by molar-refractivity contribution is 0.135. The molecule has 0 bridgehead atoms. The van der Waals surface area contributed by atoms with Crippen LogP contribution < -0.4 is 10.6 Å². The van der Waals surface area contributed by atoms with E-state index in [1.54, 1.807) is 0 Å². The Labute approximate surface area is 115 Å². The summed E-state index contributed by atoms with van der Waals surface area (Å²) in [5, 5.41) is 16.3. The lowest BCUT2D eigenvalue weighted by atomic mass is 9.70. The number of nitriles is 1. The zero-order chi connectivity index (χ0) is 13.3. The minimum atomic E-state index is 0.427. The number of aryl methyl sites for hydroxylation is 1. The lowest BCUT2D eigenvalue weighted by Gasteiger charge is -2.48. The van der Waals surface area contributed by atoms with Crippen molar-refractivity contribution >= 4 is 5.69 Å². The largest absolute Gasteiger partial charge is 0.382 e. The van der Waals surface area contributed by atoms with Crippen LogP contribution in [0.3, 0.4) is 0 Å². The van der Waals surface area contributed by atoms with Crippen LogP contribution in [-0.4, -0.2) is 18.1 Å². The number of anilines is 1. The normalized spacial score (nSPS) is 24.5. The molecular formula is C16H21N3. The summed E-state index contributed by atoms with van der Waals surface area (Å²) in [7, 11) is 0. The van der Waals surface area contributed by atoms with Crippen molar-refractivity contribution in [2.45, 2.75) is 50.6 Å². The summed E-state index contributed by atoms with van der Waals surface area (Å²) in [5.74, 6) is 0. The molecule has 1 heterocycles. The van der Waals surface area contributed by atoms with Crippen molar-refractivity contribution in [1.82, 2.24) is 5.32 Å². The van der Waals surface area contributed by atoms with Crippen molar-refractivity contribution in [3.63, 3.8) is 0 Å². The van der Waals surface area contributed by atoms with Gasteiger partial charge in [-0.2, -0.15) is 5.26 Å². The highest BCUT2D eigenvalue weighted by Crippen LogP contribution is 2.39. The molecule has 1 aliphatic carbocycles. The molecular weight excluding hydrogens is 234 g/mol. The van der Waals surface area contributed by atoms with Gasteiger partial charge >= 0.3 is 0 Å². The first-order chi connectivity index (χ1) is 9.21. The van der Waals surface area contributed by atoms with Crippen LogP contribution in [0.25, 0.3) is 0 Å². The van der Waals surface area contributed by atoms with Gasteiger partial charge in [0.05, 0.1) is 11.6 Å². The van der Waals surface area contributed by atoms with E-state index < -0.39 is 0 Å². The standard InChI is InChI=1S/C16H21N3/c1-12-9-13(11-17)3-4-15(12)19-14-5-8-18-16(10-14)6-2-7-16/h3-4,9,14,18-19H,2,5-8,10H2,1H3. The van der Waals surface area contributed by atoms with Crippen molar-refractivity contribution in [2.75, 3.05) is 11.9 Å². The number of nitrogens with zero attached hydrogens (tertiary/aromatic N) is 1. The van der Waals surface area contributed by atoms with E-state index in [0.717, 1.165) is 12.1 Å². The molecule has 3 nitrogen and oxygen atoms in total. The molecule has 100 valence electrons. The van der Waals surface area contributed by atoms with E-state index in [2.05, 4.69) is 23.6 Å². The molecule has 3 rings (SSSR count). The molecule has 1 aromatic rings. The Kier molecular flexibility index (Phi) is 3.20. The zero-order valence-corrected chi connectivity index (χ0v) is 11.5. The molecule has 2 fully saturated rings. The molecule has 1 aliphatic heterocycles. The lowest BCUT2D eigenvalue weighted by Crippen LogP contribution is -2.58. The zero-order valence-electron chi connectivity index (χ0n) is 11.5. The van der Waals surface area contributed by atoms with Crippen molar-refractivity contribution < 1.29 is 0 Å². The van der Waals surface area contributed by atoms with Gasteiger partial charge in [-0.05, 0) is 69.3 Å². The summed E-state index contributed by atoms with van der Waals surface area (Å²) in [6, 6.07) is 8.66. The van der Waals surface area contributed by atoms with E-state index in [0.29, 0.717) is 11.6 Å². The Bertz CT molecular complexity index is 511. The van der Waals surface area contributed by atoms with Gasteiger partial charge in [-0.15, -0.1) is 0 Å². The SMILES string of the molecule is Cc1cc(C#N)ccc1NC1CCNC2(CCC2)C1. The van der Waals surface area contributed by atoms with Gasteiger partial charge in [0.25, 0.3) is 0 Å². The van der Waals surface area contributed by atoms with Crippen molar-refractivity contribution in [3.05, 3.63) is 29.3 Å². The quantitative estimate of drug-likeness (QED) is 0.854.